The van der Waals surface area contributed by atoms with E-state index in [1.54, 1.807) is 7.11 Å². The number of methoxy groups -OCH3 is 1. The number of halogens is 1. The zero-order chi connectivity index (χ0) is 21.0. The van der Waals surface area contributed by atoms with E-state index in [9.17, 15) is 9.59 Å². The van der Waals surface area contributed by atoms with Crippen LogP contribution in [-0.2, 0) is 30.9 Å². The Balaban J connectivity index is 1.74. The fourth-order valence-electron chi connectivity index (χ4n) is 3.37. The van der Waals surface area contributed by atoms with Gasteiger partial charge in [0.1, 0.15) is 0 Å². The summed E-state index contributed by atoms with van der Waals surface area (Å²) >= 11 is 5.94. The molecule has 0 amide bonds. The number of hydrogen-bond acceptors (Lipinski definition) is 4. The van der Waals surface area contributed by atoms with Crippen molar-refractivity contribution in [1.82, 2.24) is 14.1 Å². The maximum Gasteiger partial charge on any atom is 0.254 e. The van der Waals surface area contributed by atoms with Crippen LogP contribution in [0.25, 0.3) is 0 Å². The first kappa shape index (κ1) is 21.0. The van der Waals surface area contributed by atoms with Crippen molar-refractivity contribution in [2.75, 3.05) is 7.11 Å². The Hall–Kier alpha value is -2.70. The number of Topliss-reactive ketones (excluding diaryl/α,β-unsaturated/α-hetero) is 1. The Morgan fingerprint density at radius 1 is 1.17 bits per heavy atom. The molecule has 152 valence electrons. The molecule has 0 atom stereocenters. The van der Waals surface area contributed by atoms with E-state index < -0.39 is 0 Å². The summed E-state index contributed by atoms with van der Waals surface area (Å²) in [6.45, 7) is 4.91. The van der Waals surface area contributed by atoms with E-state index in [1.807, 2.05) is 44.2 Å². The molecule has 3 aromatic rings. The highest BCUT2D eigenvalue weighted by molar-refractivity contribution is 6.30. The lowest BCUT2D eigenvalue weighted by atomic mass is 10.1. The number of aromatic nitrogens is 3. The number of nitrogens with zero attached hydrogens (tertiary/aromatic N) is 3. The number of benzene rings is 1. The van der Waals surface area contributed by atoms with Gasteiger partial charge in [-0.15, -0.1) is 0 Å². The third-order valence-corrected chi connectivity index (χ3v) is 5.21. The first-order valence-corrected chi connectivity index (χ1v) is 9.75. The summed E-state index contributed by atoms with van der Waals surface area (Å²) in [6.07, 6.45) is 2.24. The van der Waals surface area contributed by atoms with Crippen molar-refractivity contribution in [2.45, 2.75) is 40.0 Å². The van der Waals surface area contributed by atoms with E-state index >= 15 is 0 Å². The van der Waals surface area contributed by atoms with Gasteiger partial charge in [-0.25, -0.2) is 4.98 Å². The molecule has 2 aromatic heterocycles. The lowest BCUT2D eigenvalue weighted by Crippen LogP contribution is -2.25. The number of hydrogen-bond donors (Lipinski definition) is 0. The molecule has 0 fully saturated rings. The average molecular weight is 414 g/mol. The topological polar surface area (TPSA) is 66.1 Å². The van der Waals surface area contributed by atoms with Crippen LogP contribution in [0.2, 0.25) is 5.02 Å². The van der Waals surface area contributed by atoms with E-state index in [1.165, 1.54) is 22.5 Å². The van der Waals surface area contributed by atoms with Crippen molar-refractivity contribution in [2.24, 2.45) is 0 Å². The number of rotatable bonds is 8. The van der Waals surface area contributed by atoms with Crippen LogP contribution < -0.4 is 5.56 Å². The van der Waals surface area contributed by atoms with Gasteiger partial charge in [-0.3, -0.25) is 14.2 Å². The molecule has 0 saturated heterocycles. The second kappa shape index (κ2) is 9.20. The van der Waals surface area contributed by atoms with Gasteiger partial charge in [0.2, 0.25) is 0 Å². The molecule has 0 aliphatic rings. The van der Waals surface area contributed by atoms with Gasteiger partial charge in [-0.2, -0.15) is 0 Å². The van der Waals surface area contributed by atoms with Crippen molar-refractivity contribution < 1.29 is 9.53 Å². The van der Waals surface area contributed by atoms with Gasteiger partial charge >= 0.3 is 0 Å². The van der Waals surface area contributed by atoms with Crippen molar-refractivity contribution >= 4 is 17.4 Å². The maximum absolute atomic E-state index is 12.8. The normalized spacial score (nSPS) is 11.0. The number of ether oxygens (including phenoxy) is 1. The van der Waals surface area contributed by atoms with Gasteiger partial charge in [0.15, 0.2) is 5.78 Å². The lowest BCUT2D eigenvalue weighted by Gasteiger charge is -2.10. The predicted octanol–water partition coefficient (Wildman–Crippen LogP) is 3.59. The minimum atomic E-state index is -0.267. The molecule has 0 aliphatic carbocycles. The summed E-state index contributed by atoms with van der Waals surface area (Å²) in [5.41, 5.74) is 4.01. The molecule has 7 heteroatoms. The summed E-state index contributed by atoms with van der Waals surface area (Å²) in [6, 6.07) is 11.1. The van der Waals surface area contributed by atoms with Crippen molar-refractivity contribution in [1.29, 1.82) is 0 Å². The first-order valence-electron chi connectivity index (χ1n) is 9.37. The van der Waals surface area contributed by atoms with Crippen LogP contribution in [0.4, 0.5) is 0 Å². The SMILES string of the molecule is COCc1cc(=O)n(CC(=O)c2cc(C)n(CCc3ccc(Cl)cc3)c2C)cn1. The van der Waals surface area contributed by atoms with Gasteiger partial charge in [0.05, 0.1) is 25.2 Å². The molecule has 0 aliphatic heterocycles. The Bertz CT molecular complexity index is 1070. The number of carbonyl (C=O) groups excluding carboxylic acids is 1. The Kier molecular flexibility index (Phi) is 6.67. The molecule has 3 rings (SSSR count). The van der Waals surface area contributed by atoms with E-state index in [2.05, 4.69) is 9.55 Å². The van der Waals surface area contributed by atoms with Crippen LogP contribution in [0.1, 0.15) is 33.0 Å². The monoisotopic (exact) mass is 413 g/mol. The predicted molar refractivity (Wildman–Crippen MR) is 113 cm³/mol. The summed E-state index contributed by atoms with van der Waals surface area (Å²) in [5, 5.41) is 0.718. The fraction of sp³-hybridized carbons (Fsp3) is 0.318. The summed E-state index contributed by atoms with van der Waals surface area (Å²) in [5.74, 6) is -0.112. The summed E-state index contributed by atoms with van der Waals surface area (Å²) < 4.78 is 8.43. The Labute approximate surface area is 174 Å². The van der Waals surface area contributed by atoms with Gasteiger partial charge in [-0.1, -0.05) is 23.7 Å². The molecule has 0 bridgehead atoms. The van der Waals surface area contributed by atoms with Crippen molar-refractivity contribution in [3.8, 4) is 0 Å². The van der Waals surface area contributed by atoms with Crippen LogP contribution in [0.3, 0.4) is 0 Å². The quantitative estimate of drug-likeness (QED) is 0.529. The fourth-order valence-corrected chi connectivity index (χ4v) is 3.49. The highest BCUT2D eigenvalue weighted by atomic mass is 35.5. The molecular weight excluding hydrogens is 390 g/mol. The zero-order valence-corrected chi connectivity index (χ0v) is 17.6. The molecule has 2 heterocycles. The number of aryl methyl sites for hydroxylation is 2. The molecule has 6 nitrogen and oxygen atoms in total. The van der Waals surface area contributed by atoms with Crippen LogP contribution in [-0.4, -0.2) is 27.0 Å². The number of carbonyl (C=O) groups is 1. The van der Waals surface area contributed by atoms with Gasteiger partial charge in [0, 0.05) is 41.7 Å². The first-order chi connectivity index (χ1) is 13.9. The Morgan fingerprint density at radius 2 is 1.90 bits per heavy atom. The minimum Gasteiger partial charge on any atom is -0.378 e. The second-order valence-electron chi connectivity index (χ2n) is 7.02. The Morgan fingerprint density at radius 3 is 2.55 bits per heavy atom. The van der Waals surface area contributed by atoms with Crippen LogP contribution >= 0.6 is 11.6 Å². The van der Waals surface area contributed by atoms with Crippen molar-refractivity contribution in [3.05, 3.63) is 86.3 Å². The van der Waals surface area contributed by atoms with Crippen LogP contribution in [0.5, 0.6) is 0 Å². The van der Waals surface area contributed by atoms with E-state index in [0.717, 1.165) is 29.4 Å². The van der Waals surface area contributed by atoms with E-state index in [0.29, 0.717) is 11.3 Å². The molecule has 0 unspecified atom stereocenters. The molecule has 1 aromatic carbocycles. The van der Waals surface area contributed by atoms with Gasteiger partial charge in [0.25, 0.3) is 5.56 Å². The molecule has 0 N–H and O–H groups in total. The third kappa shape index (κ3) is 5.02. The highest BCUT2D eigenvalue weighted by Crippen LogP contribution is 2.18. The largest absolute Gasteiger partial charge is 0.378 e. The van der Waals surface area contributed by atoms with Gasteiger partial charge in [-0.05, 0) is 44.0 Å². The summed E-state index contributed by atoms with van der Waals surface area (Å²) in [7, 11) is 1.54. The van der Waals surface area contributed by atoms with Crippen LogP contribution in [0, 0.1) is 13.8 Å². The maximum atomic E-state index is 12.8. The van der Waals surface area contributed by atoms with E-state index in [4.69, 9.17) is 16.3 Å². The summed E-state index contributed by atoms with van der Waals surface area (Å²) in [4.78, 5) is 29.2. The number of ketones is 1. The smallest absolute Gasteiger partial charge is 0.254 e. The molecule has 0 radical (unpaired) electrons. The standard InChI is InChI=1S/C22H24ClN3O3/c1-15-10-20(16(2)26(15)9-8-17-4-6-18(23)7-5-17)21(27)12-25-14-24-19(13-29-3)11-22(25)28/h4-7,10-11,14H,8-9,12-13H2,1-3H3. The molecule has 0 saturated carbocycles. The molecular formula is C22H24ClN3O3. The van der Waals surface area contributed by atoms with E-state index in [-0.39, 0.29) is 24.5 Å². The molecule has 29 heavy (non-hydrogen) atoms. The second-order valence-corrected chi connectivity index (χ2v) is 7.45. The van der Waals surface area contributed by atoms with Gasteiger partial charge < -0.3 is 9.30 Å². The lowest BCUT2D eigenvalue weighted by molar-refractivity contribution is 0.0969. The van der Waals surface area contributed by atoms with Crippen LogP contribution in [0.15, 0.2) is 47.5 Å². The third-order valence-electron chi connectivity index (χ3n) is 4.95. The van der Waals surface area contributed by atoms with Crippen molar-refractivity contribution in [3.63, 3.8) is 0 Å². The highest BCUT2D eigenvalue weighted by Gasteiger charge is 2.17. The zero-order valence-electron chi connectivity index (χ0n) is 16.8. The minimum absolute atomic E-state index is 0.0411. The molecule has 0 spiro atoms. The average Bonchev–Trinajstić information content (AvgIpc) is 2.98.